The number of ether oxygens (including phenoxy) is 1. The molecule has 0 radical (unpaired) electrons. The first-order valence-electron chi connectivity index (χ1n) is 8.52. The highest BCUT2D eigenvalue weighted by Gasteiger charge is 2.11. The smallest absolute Gasteiger partial charge is 0.251 e. The Morgan fingerprint density at radius 2 is 1.96 bits per heavy atom. The van der Waals surface area contributed by atoms with Crippen molar-refractivity contribution in [1.82, 2.24) is 15.3 Å². The second-order valence-corrected chi connectivity index (χ2v) is 6.23. The lowest BCUT2D eigenvalue weighted by Crippen LogP contribution is -2.24. The second kappa shape index (κ2) is 9.07. The van der Waals surface area contributed by atoms with E-state index in [1.54, 1.807) is 32.0 Å². The number of rotatable bonds is 7. The zero-order valence-corrected chi connectivity index (χ0v) is 15.8. The molecule has 0 saturated heterocycles. The van der Waals surface area contributed by atoms with Crippen LogP contribution in [0.2, 0.25) is 0 Å². The van der Waals surface area contributed by atoms with Gasteiger partial charge in [-0.15, -0.1) is 0 Å². The molecule has 2 N–H and O–H groups in total. The largest absolute Gasteiger partial charge is 0.475 e. The molecule has 0 bridgehead atoms. The van der Waals surface area contributed by atoms with Crippen LogP contribution in [0.25, 0.3) is 0 Å². The van der Waals surface area contributed by atoms with Crippen LogP contribution in [0.1, 0.15) is 41.2 Å². The first-order chi connectivity index (χ1) is 12.7. The number of carbonyl (C=O) groups excluding carboxylic acids is 2. The Morgan fingerprint density at radius 1 is 1.22 bits per heavy atom. The van der Waals surface area contributed by atoms with Crippen LogP contribution in [0, 0.1) is 13.8 Å². The van der Waals surface area contributed by atoms with Crippen LogP contribution in [0.15, 0.2) is 24.3 Å². The molecule has 8 heteroatoms. The van der Waals surface area contributed by atoms with Crippen molar-refractivity contribution in [2.75, 3.05) is 11.9 Å². The lowest BCUT2D eigenvalue weighted by molar-refractivity contribution is -0.114. The number of anilines is 1. The van der Waals surface area contributed by atoms with Crippen LogP contribution in [-0.2, 0) is 11.3 Å². The highest BCUT2D eigenvalue weighted by molar-refractivity contribution is 5.96. The van der Waals surface area contributed by atoms with Crippen LogP contribution in [0.4, 0.5) is 10.2 Å². The quantitative estimate of drug-likeness (QED) is 0.777. The first kappa shape index (κ1) is 20.3. The van der Waals surface area contributed by atoms with Crippen molar-refractivity contribution in [3.8, 4) is 5.88 Å². The number of pyridine rings is 2. The van der Waals surface area contributed by atoms with E-state index < -0.39 is 6.17 Å². The van der Waals surface area contributed by atoms with Crippen molar-refractivity contribution in [2.24, 2.45) is 0 Å². The molecule has 27 heavy (non-hydrogen) atoms. The normalized spacial score (nSPS) is 11.6. The number of amides is 2. The van der Waals surface area contributed by atoms with Gasteiger partial charge in [0.2, 0.25) is 11.8 Å². The summed E-state index contributed by atoms with van der Waals surface area (Å²) in [4.78, 5) is 32.0. The molecule has 2 heterocycles. The third kappa shape index (κ3) is 6.32. The van der Waals surface area contributed by atoms with E-state index in [1.807, 2.05) is 0 Å². The van der Waals surface area contributed by atoms with Crippen LogP contribution in [0.3, 0.4) is 0 Å². The van der Waals surface area contributed by atoms with E-state index in [0.717, 1.165) is 5.56 Å². The highest BCUT2D eigenvalue weighted by atomic mass is 19.1. The molecular formula is C19H23FN4O3. The van der Waals surface area contributed by atoms with Gasteiger partial charge in [0.05, 0.1) is 0 Å². The summed E-state index contributed by atoms with van der Waals surface area (Å²) < 4.78 is 18.1. The number of aryl methyl sites for hydroxylation is 2. The molecule has 0 aliphatic rings. The zero-order chi connectivity index (χ0) is 20.0. The minimum absolute atomic E-state index is 0.0550. The monoisotopic (exact) mass is 374 g/mol. The Bertz CT molecular complexity index is 840. The van der Waals surface area contributed by atoms with Gasteiger partial charge in [-0.1, -0.05) is 6.07 Å². The molecule has 0 aliphatic heterocycles. The first-order valence-corrected chi connectivity index (χ1v) is 8.52. The summed E-state index contributed by atoms with van der Waals surface area (Å²) in [5, 5.41) is 5.38. The topological polar surface area (TPSA) is 93.2 Å². The predicted octanol–water partition coefficient (Wildman–Crippen LogP) is 2.72. The maximum Gasteiger partial charge on any atom is 0.251 e. The fourth-order valence-electron chi connectivity index (χ4n) is 2.36. The third-order valence-electron chi connectivity index (χ3n) is 3.59. The average Bonchev–Trinajstić information content (AvgIpc) is 2.57. The number of nitrogens with one attached hydrogen (secondary N) is 2. The van der Waals surface area contributed by atoms with Gasteiger partial charge in [-0.05, 0) is 38.5 Å². The summed E-state index contributed by atoms with van der Waals surface area (Å²) >= 11 is 0. The van der Waals surface area contributed by atoms with Gasteiger partial charge in [0, 0.05) is 36.5 Å². The summed E-state index contributed by atoms with van der Waals surface area (Å²) in [5.74, 6) is 0.120. The fourth-order valence-corrected chi connectivity index (χ4v) is 2.36. The lowest BCUT2D eigenvalue weighted by Gasteiger charge is -2.11. The predicted molar refractivity (Wildman–Crippen MR) is 99.5 cm³/mol. The Hall–Kier alpha value is -3.03. The fraction of sp³-hybridized carbons (Fsp3) is 0.368. The molecule has 0 saturated carbocycles. The minimum Gasteiger partial charge on any atom is -0.475 e. The molecule has 2 aromatic heterocycles. The Labute approximate surface area is 157 Å². The number of hydrogen-bond donors (Lipinski definition) is 2. The number of aromatic nitrogens is 2. The third-order valence-corrected chi connectivity index (χ3v) is 3.59. The summed E-state index contributed by atoms with van der Waals surface area (Å²) in [7, 11) is 0. The zero-order valence-electron chi connectivity index (χ0n) is 15.8. The van der Waals surface area contributed by atoms with Gasteiger partial charge in [-0.25, -0.2) is 14.4 Å². The number of nitrogens with zero attached hydrogens (tertiary/aromatic N) is 2. The van der Waals surface area contributed by atoms with E-state index in [-0.39, 0.29) is 25.0 Å². The summed E-state index contributed by atoms with van der Waals surface area (Å²) in [6.07, 6.45) is -1.07. The molecule has 0 fully saturated rings. The van der Waals surface area contributed by atoms with Crippen molar-refractivity contribution in [3.05, 3.63) is 46.8 Å². The number of halogens is 1. The summed E-state index contributed by atoms with van der Waals surface area (Å²) in [5.41, 5.74) is 2.52. The van der Waals surface area contributed by atoms with Crippen molar-refractivity contribution in [3.63, 3.8) is 0 Å². The van der Waals surface area contributed by atoms with E-state index >= 15 is 0 Å². The molecule has 0 aromatic carbocycles. The molecule has 7 nitrogen and oxygen atoms in total. The molecule has 144 valence electrons. The van der Waals surface area contributed by atoms with Crippen molar-refractivity contribution in [1.29, 1.82) is 0 Å². The van der Waals surface area contributed by atoms with Gasteiger partial charge in [0.25, 0.3) is 5.91 Å². The van der Waals surface area contributed by atoms with Crippen LogP contribution in [0.5, 0.6) is 5.88 Å². The van der Waals surface area contributed by atoms with E-state index in [1.165, 1.54) is 19.9 Å². The van der Waals surface area contributed by atoms with Gasteiger partial charge in [0.1, 0.15) is 18.6 Å². The summed E-state index contributed by atoms with van der Waals surface area (Å²) in [6.45, 7) is 6.54. The SMILES string of the molecule is CC(=O)Nc1cc(C(=O)NCc2ccc(OCC(C)F)nc2C)cc(C)n1. The van der Waals surface area contributed by atoms with E-state index in [0.29, 0.717) is 28.6 Å². The average molecular weight is 374 g/mol. The molecule has 2 rings (SSSR count). The van der Waals surface area contributed by atoms with E-state index in [4.69, 9.17) is 4.74 Å². The van der Waals surface area contributed by atoms with Crippen molar-refractivity contribution >= 4 is 17.6 Å². The molecular weight excluding hydrogens is 351 g/mol. The Kier molecular flexibility index (Phi) is 6.81. The van der Waals surface area contributed by atoms with E-state index in [2.05, 4.69) is 20.6 Å². The minimum atomic E-state index is -1.07. The molecule has 0 spiro atoms. The van der Waals surface area contributed by atoms with Gasteiger partial charge >= 0.3 is 0 Å². The number of hydrogen-bond acceptors (Lipinski definition) is 5. The van der Waals surface area contributed by atoms with Crippen LogP contribution < -0.4 is 15.4 Å². The maximum atomic E-state index is 12.8. The van der Waals surface area contributed by atoms with Crippen molar-refractivity contribution < 1.29 is 18.7 Å². The van der Waals surface area contributed by atoms with Gasteiger partial charge in [-0.2, -0.15) is 0 Å². The van der Waals surface area contributed by atoms with Crippen LogP contribution in [-0.4, -0.2) is 34.6 Å². The standard InChI is InChI=1S/C19H23FN4O3/c1-11(20)10-27-18-6-5-15(13(3)23-18)9-21-19(26)16-7-12(2)22-17(8-16)24-14(4)25/h5-8,11H,9-10H2,1-4H3,(H,21,26)(H,22,24,25). The van der Waals surface area contributed by atoms with E-state index in [9.17, 15) is 14.0 Å². The number of alkyl halides is 1. The van der Waals surface area contributed by atoms with Crippen molar-refractivity contribution in [2.45, 2.75) is 40.4 Å². The van der Waals surface area contributed by atoms with Gasteiger partial charge in [0.15, 0.2) is 0 Å². The van der Waals surface area contributed by atoms with Gasteiger partial charge in [-0.3, -0.25) is 9.59 Å². The lowest BCUT2D eigenvalue weighted by atomic mass is 10.1. The number of carbonyl (C=O) groups is 2. The summed E-state index contributed by atoms with van der Waals surface area (Å²) in [6, 6.07) is 6.58. The van der Waals surface area contributed by atoms with Crippen LogP contribution >= 0.6 is 0 Å². The second-order valence-electron chi connectivity index (χ2n) is 6.23. The molecule has 1 atom stereocenters. The Morgan fingerprint density at radius 3 is 2.59 bits per heavy atom. The molecule has 1 unspecified atom stereocenters. The molecule has 2 amide bonds. The molecule has 0 aliphatic carbocycles. The van der Waals surface area contributed by atoms with Gasteiger partial charge < -0.3 is 15.4 Å². The molecule has 2 aromatic rings. The Balaban J connectivity index is 2.03. The highest BCUT2D eigenvalue weighted by Crippen LogP contribution is 2.14. The maximum absolute atomic E-state index is 12.8.